The number of aromatic nitrogens is 2. The molecule has 7 heteroatoms. The van der Waals surface area contributed by atoms with Crippen LogP contribution in [0.3, 0.4) is 0 Å². The molecule has 25 heavy (non-hydrogen) atoms. The Labute approximate surface area is 148 Å². The molecule has 0 N–H and O–H groups in total. The van der Waals surface area contributed by atoms with Crippen LogP contribution in [0.25, 0.3) is 0 Å². The summed E-state index contributed by atoms with van der Waals surface area (Å²) in [6, 6.07) is 4.01. The first-order valence-corrected chi connectivity index (χ1v) is 8.95. The Morgan fingerprint density at radius 3 is 2.80 bits per heavy atom. The van der Waals surface area contributed by atoms with Crippen LogP contribution in [0, 0.1) is 13.8 Å². The summed E-state index contributed by atoms with van der Waals surface area (Å²) in [6.45, 7) is 8.92. The summed E-state index contributed by atoms with van der Waals surface area (Å²) in [7, 11) is 0. The minimum atomic E-state index is -0.00871. The highest BCUT2D eigenvalue weighted by Gasteiger charge is 2.26. The maximum Gasteiger partial charge on any atom is 0.289 e. The van der Waals surface area contributed by atoms with Gasteiger partial charge in [0, 0.05) is 26.1 Å². The van der Waals surface area contributed by atoms with E-state index in [1.807, 2.05) is 17.9 Å². The van der Waals surface area contributed by atoms with E-state index < -0.39 is 0 Å². The van der Waals surface area contributed by atoms with Crippen LogP contribution >= 0.6 is 0 Å². The molecule has 136 valence electrons. The van der Waals surface area contributed by atoms with Crippen molar-refractivity contribution in [2.75, 3.05) is 19.6 Å². The van der Waals surface area contributed by atoms with Gasteiger partial charge in [0.05, 0.1) is 6.54 Å². The quantitative estimate of drug-likeness (QED) is 0.829. The maximum atomic E-state index is 12.6. The van der Waals surface area contributed by atoms with Crippen molar-refractivity contribution in [3.8, 4) is 0 Å². The first-order chi connectivity index (χ1) is 12.1. The van der Waals surface area contributed by atoms with Crippen molar-refractivity contribution in [1.82, 2.24) is 19.9 Å². The highest BCUT2D eigenvalue weighted by Crippen LogP contribution is 2.20. The lowest BCUT2D eigenvalue weighted by atomic mass is 10.1. The zero-order valence-electron chi connectivity index (χ0n) is 15.2. The molecule has 1 saturated heterocycles. The Balaban J connectivity index is 1.60. The molecule has 0 aliphatic carbocycles. The first kappa shape index (κ1) is 17.7. The van der Waals surface area contributed by atoms with E-state index in [1.165, 1.54) is 0 Å². The van der Waals surface area contributed by atoms with E-state index in [1.54, 1.807) is 13.0 Å². The minimum Gasteiger partial charge on any atom is -0.456 e. The predicted molar refractivity (Wildman–Crippen MR) is 92.1 cm³/mol. The van der Waals surface area contributed by atoms with Gasteiger partial charge in [-0.3, -0.25) is 9.69 Å². The fourth-order valence-electron chi connectivity index (χ4n) is 3.44. The average Bonchev–Trinajstić information content (AvgIpc) is 3.13. The summed E-state index contributed by atoms with van der Waals surface area (Å²) >= 11 is 0. The summed E-state index contributed by atoms with van der Waals surface area (Å²) in [5.41, 5.74) is 0. The highest BCUT2D eigenvalue weighted by molar-refractivity contribution is 5.91. The van der Waals surface area contributed by atoms with Crippen LogP contribution in [0.5, 0.6) is 0 Å². The van der Waals surface area contributed by atoms with Crippen LogP contribution in [0.4, 0.5) is 0 Å². The molecule has 1 aliphatic heterocycles. The molecule has 2 aromatic rings. The van der Waals surface area contributed by atoms with E-state index in [0.717, 1.165) is 50.5 Å². The molecule has 1 amide bonds. The Bertz CT molecular complexity index is 709. The van der Waals surface area contributed by atoms with Gasteiger partial charge in [0.2, 0.25) is 5.89 Å². The van der Waals surface area contributed by atoms with Crippen LogP contribution in [-0.4, -0.2) is 51.5 Å². The molecule has 1 aliphatic rings. The van der Waals surface area contributed by atoms with Gasteiger partial charge < -0.3 is 13.8 Å². The number of carbonyl (C=O) groups is 1. The van der Waals surface area contributed by atoms with Gasteiger partial charge in [0.25, 0.3) is 5.91 Å². The maximum absolute atomic E-state index is 12.6. The summed E-state index contributed by atoms with van der Waals surface area (Å²) in [4.78, 5) is 21.2. The van der Waals surface area contributed by atoms with Gasteiger partial charge in [-0.1, -0.05) is 12.1 Å². The number of hydrogen-bond acceptors (Lipinski definition) is 6. The number of rotatable bonds is 5. The molecule has 0 saturated carbocycles. The molecule has 0 unspecified atom stereocenters. The van der Waals surface area contributed by atoms with Gasteiger partial charge in [-0.25, -0.2) is 0 Å². The standard InChI is InChI=1S/C18H26N4O3/c1-4-21(12-17-19-14(3)25-20-17)15-6-5-10-22(11-9-15)18(23)16-8-7-13(2)24-16/h7-8,15H,4-6,9-12H2,1-3H3/t15-/m0/s1. The Hall–Kier alpha value is -2.15. The van der Waals surface area contributed by atoms with E-state index in [-0.39, 0.29) is 5.91 Å². The fraction of sp³-hybridized carbons (Fsp3) is 0.611. The molecule has 0 aromatic carbocycles. The lowest BCUT2D eigenvalue weighted by Crippen LogP contribution is -2.37. The number of carbonyl (C=O) groups excluding carboxylic acids is 1. The van der Waals surface area contributed by atoms with Crippen LogP contribution in [-0.2, 0) is 6.54 Å². The van der Waals surface area contributed by atoms with Crippen LogP contribution in [0.15, 0.2) is 21.1 Å². The molecule has 2 aromatic heterocycles. The van der Waals surface area contributed by atoms with Gasteiger partial charge in [0.15, 0.2) is 11.6 Å². The van der Waals surface area contributed by atoms with Crippen LogP contribution in [0.2, 0.25) is 0 Å². The second-order valence-corrected chi connectivity index (χ2v) is 6.58. The number of aryl methyl sites for hydroxylation is 2. The normalized spacial score (nSPS) is 18.6. The van der Waals surface area contributed by atoms with E-state index >= 15 is 0 Å². The van der Waals surface area contributed by atoms with Gasteiger partial charge in [-0.15, -0.1) is 0 Å². The summed E-state index contributed by atoms with van der Waals surface area (Å²) in [5, 5.41) is 4.00. The topological polar surface area (TPSA) is 75.6 Å². The third kappa shape index (κ3) is 4.28. The number of likely N-dealkylation sites (tertiary alicyclic amines) is 1. The number of amides is 1. The second-order valence-electron chi connectivity index (χ2n) is 6.58. The summed E-state index contributed by atoms with van der Waals surface area (Å²) < 4.78 is 10.6. The predicted octanol–water partition coefficient (Wildman–Crippen LogP) is 2.80. The molecule has 0 bridgehead atoms. The second kappa shape index (κ2) is 7.82. The molecule has 7 nitrogen and oxygen atoms in total. The van der Waals surface area contributed by atoms with Crippen molar-refractivity contribution < 1.29 is 13.7 Å². The molecular formula is C18H26N4O3. The minimum absolute atomic E-state index is 0.00871. The molecule has 1 atom stereocenters. The lowest BCUT2D eigenvalue weighted by molar-refractivity contribution is 0.0722. The van der Waals surface area contributed by atoms with Gasteiger partial charge in [-0.2, -0.15) is 4.98 Å². The van der Waals surface area contributed by atoms with Gasteiger partial charge in [0.1, 0.15) is 5.76 Å². The largest absolute Gasteiger partial charge is 0.456 e. The third-order valence-electron chi connectivity index (χ3n) is 4.77. The number of hydrogen-bond donors (Lipinski definition) is 0. The Morgan fingerprint density at radius 2 is 2.16 bits per heavy atom. The van der Waals surface area contributed by atoms with Crippen molar-refractivity contribution in [3.63, 3.8) is 0 Å². The van der Waals surface area contributed by atoms with Crippen molar-refractivity contribution >= 4 is 5.91 Å². The first-order valence-electron chi connectivity index (χ1n) is 8.95. The lowest BCUT2D eigenvalue weighted by Gasteiger charge is -2.28. The molecule has 1 fully saturated rings. The molecular weight excluding hydrogens is 320 g/mol. The van der Waals surface area contributed by atoms with Crippen LogP contribution < -0.4 is 0 Å². The Kier molecular flexibility index (Phi) is 5.53. The third-order valence-corrected chi connectivity index (χ3v) is 4.77. The zero-order chi connectivity index (χ0) is 17.8. The van der Waals surface area contributed by atoms with E-state index in [9.17, 15) is 4.79 Å². The smallest absolute Gasteiger partial charge is 0.289 e. The number of nitrogens with zero attached hydrogens (tertiary/aromatic N) is 4. The van der Waals surface area contributed by atoms with E-state index in [4.69, 9.17) is 8.94 Å². The van der Waals surface area contributed by atoms with Gasteiger partial charge >= 0.3 is 0 Å². The fourth-order valence-corrected chi connectivity index (χ4v) is 3.44. The molecule has 0 spiro atoms. The van der Waals surface area contributed by atoms with E-state index in [0.29, 0.717) is 24.2 Å². The van der Waals surface area contributed by atoms with Crippen molar-refractivity contribution in [2.24, 2.45) is 0 Å². The summed E-state index contributed by atoms with van der Waals surface area (Å²) in [5.74, 6) is 2.51. The monoisotopic (exact) mass is 346 g/mol. The van der Waals surface area contributed by atoms with Crippen molar-refractivity contribution in [1.29, 1.82) is 0 Å². The summed E-state index contributed by atoms with van der Waals surface area (Å²) in [6.07, 6.45) is 2.99. The molecule has 3 heterocycles. The number of furan rings is 1. The SMILES string of the molecule is CCN(Cc1noc(C)n1)[C@H]1CCCN(C(=O)c2ccc(C)o2)CC1. The zero-order valence-corrected chi connectivity index (χ0v) is 15.2. The molecule has 3 rings (SSSR count). The van der Waals surface area contributed by atoms with E-state index in [2.05, 4.69) is 22.0 Å². The van der Waals surface area contributed by atoms with Crippen molar-refractivity contribution in [2.45, 2.75) is 52.6 Å². The van der Waals surface area contributed by atoms with Crippen molar-refractivity contribution in [3.05, 3.63) is 35.4 Å². The average molecular weight is 346 g/mol. The van der Waals surface area contributed by atoms with Gasteiger partial charge in [-0.05, 0) is 44.9 Å². The molecule has 0 radical (unpaired) electrons. The highest BCUT2D eigenvalue weighted by atomic mass is 16.5. The van der Waals surface area contributed by atoms with Crippen LogP contribution in [0.1, 0.15) is 54.2 Å². The Morgan fingerprint density at radius 1 is 1.32 bits per heavy atom.